The molecular formula is C100H144N24O16S4. The third kappa shape index (κ3) is 26.5. The van der Waals surface area contributed by atoms with Crippen molar-refractivity contribution in [3.63, 3.8) is 0 Å². The van der Waals surface area contributed by atoms with Gasteiger partial charge in [0, 0.05) is 137 Å². The molecule has 0 spiro atoms. The lowest BCUT2D eigenvalue weighted by Gasteiger charge is -2.19. The number of H-pyrrole nitrogens is 4. The average molecular weight is 2110 g/mol. The highest BCUT2D eigenvalue weighted by Gasteiger charge is 2.32. The first-order valence-electron chi connectivity index (χ1n) is 67.7. The van der Waals surface area contributed by atoms with Crippen LogP contribution in [0.3, 0.4) is 0 Å². The van der Waals surface area contributed by atoms with Crippen LogP contribution in [-0.4, -0.2) is 263 Å². The molecule has 0 aliphatic carbocycles. The standard InChI is InChI=1S/4C25H36N6O4S/c4*1-5-8-20-22-23(31(4)29-20)25(32)28-24(27-22)19-16-18(10-11-21(19)35-15-6-2)36(33,34)26-13-12-17-9-7-14-30(17)3/h4*10-11,16-17,26H,5-9,12-15H2,1-4H3,(H,27,28,32)/i1D3,4D3,5D2,8D2,13D2;1D3,4D3,5D2,8D2,13D;1D3,4D3,5D2,13D2;1D3,4D3,5D2,8D2. The maximum atomic E-state index is 13.5. The molecular weight excluding hydrogens is 1920 g/mol. The zero-order valence-corrected chi connectivity index (χ0v) is 83.3. The number of sulfonamides is 4. The molecule has 4 saturated heterocycles. The molecule has 5 unspecified atom stereocenters. The SMILES string of the molecule is [2H]C(CC1CCCN1C)NS(=O)(=O)c1ccc(OCCC)c(-c2nc3c(C([2H])([2H])C([2H])([2H])C([2H])([2H])[2H])nn(C([2H])([2H])[2H])c3c(=O)[nH]2)c1.[2H]C([2H])(CC1CCCN1C)NS(=O)(=O)c1ccc(OCCC)c(-c2nc3c(C([2H])([2H])C([2H])([2H])C([2H])([2H])[2H])nn(C([2H])([2H])[2H])c3c(=O)[nH]2)c1.[2H]C([2H])(CC1CCCN1C)NS(=O)(=O)c1ccc(OCCC)c(-c2nc3c(CC([2H])([2H])C([2H])([2H])[2H])nn(C([2H])([2H])[2H])c3c(=O)[nH]2)c1.[2H]C([2H])([2H])n1nc(C([2H])([2H])C([2H])([2H])C([2H])([2H])[2H])c2nc(-c3cc(S(=O)(=O)NCCC4CCCN4C)ccc3OCCC)[nH]c(=O)c21. The lowest BCUT2D eigenvalue weighted by molar-refractivity contribution is 0.297. The van der Waals surface area contributed by atoms with E-state index in [2.05, 4.69) is 89.0 Å². The summed E-state index contributed by atoms with van der Waals surface area (Å²) in [6.45, 7) is -20.8. The van der Waals surface area contributed by atoms with Gasteiger partial charge in [-0.25, -0.2) is 72.5 Å². The highest BCUT2D eigenvalue weighted by molar-refractivity contribution is 7.90. The normalized spacial score (nSPS) is 23.0. The van der Waals surface area contributed by atoms with Gasteiger partial charge in [0.05, 0.1) is 91.0 Å². The molecule has 4 aliphatic heterocycles. The van der Waals surface area contributed by atoms with E-state index in [4.69, 9.17) is 77.9 Å². The monoisotopic (exact) mass is 2110 g/mol. The van der Waals surface area contributed by atoms with Crippen molar-refractivity contribution in [2.24, 2.45) is 27.9 Å². The highest BCUT2D eigenvalue weighted by Crippen LogP contribution is 2.38. The van der Waals surface area contributed by atoms with Gasteiger partial charge in [-0.1, -0.05) is 80.6 Å². The minimum Gasteiger partial charge on any atom is -0.493 e. The van der Waals surface area contributed by atoms with Gasteiger partial charge in [0.2, 0.25) is 40.1 Å². The fourth-order valence-corrected chi connectivity index (χ4v) is 20.5. The number of rotatable bonds is 44. The summed E-state index contributed by atoms with van der Waals surface area (Å²) in [6, 6.07) is 14.4. The van der Waals surface area contributed by atoms with Crippen molar-refractivity contribution in [3.8, 4) is 68.5 Å². The number of aryl methyl sites for hydroxylation is 8. The van der Waals surface area contributed by atoms with E-state index < -0.39 is 272 Å². The van der Waals surface area contributed by atoms with E-state index in [0.717, 1.165) is 95.4 Å². The van der Waals surface area contributed by atoms with E-state index in [1.807, 2.05) is 51.8 Å². The van der Waals surface area contributed by atoms with Gasteiger partial charge in [-0.2, -0.15) is 20.4 Å². The Labute approximate surface area is 903 Å². The summed E-state index contributed by atoms with van der Waals surface area (Å²) in [5.41, 5.74) is -14.1. The molecule has 0 bridgehead atoms. The molecule has 784 valence electrons. The summed E-state index contributed by atoms with van der Waals surface area (Å²) in [4.78, 5) is 86.9. The van der Waals surface area contributed by atoms with Crippen molar-refractivity contribution in [2.45, 2.75) is 253 Å². The van der Waals surface area contributed by atoms with Gasteiger partial charge >= 0.3 is 0 Å². The molecule has 8 aromatic heterocycles. The molecule has 0 saturated carbocycles. The van der Waals surface area contributed by atoms with Gasteiger partial charge in [0.25, 0.3) is 22.2 Å². The number of hydrogen-bond acceptors (Lipinski definition) is 28. The van der Waals surface area contributed by atoms with E-state index in [0.29, 0.717) is 43.2 Å². The van der Waals surface area contributed by atoms with Crippen molar-refractivity contribution in [1.29, 1.82) is 0 Å². The smallest absolute Gasteiger partial charge is 0.277 e. The summed E-state index contributed by atoms with van der Waals surface area (Å²) in [7, 11) is -9.89. The largest absolute Gasteiger partial charge is 0.493 e. The average Bonchev–Trinajstić information content (AvgIpc) is 1.57. The number of nitrogens with one attached hydrogen (secondary N) is 8. The van der Waals surface area contributed by atoms with Gasteiger partial charge in [-0.3, -0.25) is 37.9 Å². The first kappa shape index (κ1) is 65.5. The second-order valence-corrected chi connectivity index (χ2v) is 40.9. The zero-order valence-electron chi connectivity index (χ0n) is 123. The molecule has 4 aromatic carbocycles. The maximum absolute atomic E-state index is 13.5. The first-order valence-corrected chi connectivity index (χ1v) is 52.1. The van der Waals surface area contributed by atoms with E-state index in [9.17, 15) is 52.8 Å². The minimum absolute atomic E-state index is 0.0144. The Hall–Kier alpha value is -11.0. The fraction of sp³-hybridized carbons (Fsp3) is 0.560. The van der Waals surface area contributed by atoms with Crippen molar-refractivity contribution >= 4 is 84.2 Å². The molecule has 144 heavy (non-hydrogen) atoms. The van der Waals surface area contributed by atoms with E-state index in [1.165, 1.54) is 48.5 Å². The Morgan fingerprint density at radius 1 is 0.368 bits per heavy atom. The molecule has 8 N–H and O–H groups in total. The van der Waals surface area contributed by atoms with Crippen LogP contribution in [-0.2, 0) is 93.5 Å². The Bertz CT molecular complexity index is 9210. The molecule has 4 fully saturated rings. The number of fused-ring (bicyclic) bond motifs is 4. The van der Waals surface area contributed by atoms with Gasteiger partial charge in [-0.05, 0) is 255 Å². The molecule has 44 heteroatoms. The number of aromatic amines is 4. The predicted octanol–water partition coefficient (Wildman–Crippen LogP) is 11.3. The first-order chi connectivity index (χ1) is 85.6. The van der Waals surface area contributed by atoms with Crippen LogP contribution in [0.4, 0.5) is 0 Å². The number of ether oxygens (including phenoxy) is 4. The maximum Gasteiger partial charge on any atom is 0.277 e. The van der Waals surface area contributed by atoms with Crippen LogP contribution in [0.1, 0.15) is 265 Å². The second-order valence-electron chi connectivity index (χ2n) is 34.0. The number of benzene rings is 4. The van der Waals surface area contributed by atoms with E-state index in [1.54, 1.807) is 13.8 Å². The zero-order chi connectivity index (χ0) is 140. The van der Waals surface area contributed by atoms with Crippen LogP contribution in [0.25, 0.3) is 89.7 Å². The lowest BCUT2D eigenvalue weighted by Crippen LogP contribution is -2.31. The summed E-state index contributed by atoms with van der Waals surface area (Å²) in [5.74, 6) is -1.36. The molecule has 12 aromatic rings. The molecule has 12 heterocycles. The van der Waals surface area contributed by atoms with Crippen molar-refractivity contribution in [2.75, 3.05) is 107 Å². The van der Waals surface area contributed by atoms with Gasteiger partial charge in [0.1, 0.15) is 68.4 Å². The predicted molar refractivity (Wildman–Crippen MR) is 559 cm³/mol. The fourth-order valence-electron chi connectivity index (χ4n) is 16.6. The molecule has 5 atom stereocenters. The molecule has 40 nitrogen and oxygen atoms in total. The quantitative estimate of drug-likeness (QED) is 0.0176. The highest BCUT2D eigenvalue weighted by atomic mass is 32.2. The summed E-state index contributed by atoms with van der Waals surface area (Å²) >= 11 is 0. The molecule has 16 rings (SSSR count). The summed E-state index contributed by atoms with van der Waals surface area (Å²) < 4.78 is 482. The van der Waals surface area contributed by atoms with Crippen LogP contribution in [0, 0.1) is 0 Å². The Morgan fingerprint density at radius 3 is 0.931 bits per heavy atom. The molecule has 0 radical (unpaired) electrons. The van der Waals surface area contributed by atoms with Crippen LogP contribution < -0.4 is 60.1 Å². The minimum atomic E-state index is -4.56. The number of nitrogens with zero attached hydrogens (tertiary/aromatic N) is 16. The number of likely N-dealkylation sites (tertiary alicyclic amines) is 4. The molecule has 0 amide bonds. The topological polar surface area (TPSA) is 489 Å². The molecule has 4 aliphatic rings. The van der Waals surface area contributed by atoms with Crippen LogP contribution in [0.5, 0.6) is 23.0 Å². The summed E-state index contributed by atoms with van der Waals surface area (Å²) in [6.07, 6.45) is -15.5. The van der Waals surface area contributed by atoms with Crippen LogP contribution in [0.15, 0.2) is 112 Å². The van der Waals surface area contributed by atoms with Crippen molar-refractivity contribution < 1.29 is 112 Å². The van der Waals surface area contributed by atoms with E-state index in [-0.39, 0.29) is 162 Å². The van der Waals surface area contributed by atoms with Gasteiger partial charge in [-0.15, -0.1) is 0 Å². The van der Waals surface area contributed by atoms with Gasteiger partial charge in [0.15, 0.2) is 22.1 Å². The van der Waals surface area contributed by atoms with Crippen LogP contribution >= 0.6 is 0 Å². The summed E-state index contributed by atoms with van der Waals surface area (Å²) in [5, 5.41) is 14.9. The van der Waals surface area contributed by atoms with Crippen LogP contribution in [0.2, 0.25) is 0 Å². The third-order valence-corrected chi connectivity index (χ3v) is 29.5. The van der Waals surface area contributed by atoms with Gasteiger partial charge < -0.3 is 58.5 Å². The van der Waals surface area contributed by atoms with Crippen molar-refractivity contribution in [1.82, 2.24) is 117 Å². The Kier molecular flexibility index (Phi) is 22.7. The Morgan fingerprint density at radius 2 is 0.646 bits per heavy atom. The second kappa shape index (κ2) is 49.9. The number of aromatic nitrogens is 16. The number of hydrogen-bond donors (Lipinski definition) is 8. The van der Waals surface area contributed by atoms with E-state index >= 15 is 0 Å². The lowest BCUT2D eigenvalue weighted by atomic mass is 10.1. The Balaban J connectivity index is 0.000000202. The third-order valence-electron chi connectivity index (χ3n) is 24.1. The van der Waals surface area contributed by atoms with Crippen molar-refractivity contribution in [3.05, 3.63) is 137 Å².